The lowest BCUT2D eigenvalue weighted by atomic mass is 9.72. The molecule has 54 valence electrons. The zero-order chi connectivity index (χ0) is 6.81. The molecule has 2 heterocycles. The molecule has 0 aromatic heterocycles. The predicted octanol–water partition coefficient (Wildman–Crippen LogP) is 2.00. The number of fused-ring (bicyclic) bond motifs is 1. The molecule has 0 unspecified atom stereocenters. The van der Waals surface area contributed by atoms with E-state index in [2.05, 4.69) is 46.5 Å². The zero-order valence-corrected chi connectivity index (χ0v) is 8.88. The van der Waals surface area contributed by atoms with Crippen molar-refractivity contribution in [2.75, 3.05) is 23.0 Å². The van der Waals surface area contributed by atoms with E-state index in [1.54, 1.807) is 0 Å². The van der Waals surface area contributed by atoms with Crippen molar-refractivity contribution in [1.29, 1.82) is 0 Å². The second kappa shape index (κ2) is 3.97. The minimum atomic E-state index is 0.914. The third-order valence-corrected chi connectivity index (χ3v) is 8.52. The van der Waals surface area contributed by atoms with Gasteiger partial charge in [-0.3, -0.25) is 0 Å². The average Bonchev–Trinajstić information content (AvgIpc) is 2.05. The summed E-state index contributed by atoms with van der Waals surface area (Å²) >= 11 is 8.67. The first-order valence-corrected chi connectivity index (χ1v) is 7.63. The second-order valence-electron chi connectivity index (χ2n) is 2.22. The van der Waals surface area contributed by atoms with E-state index in [4.69, 9.17) is 0 Å². The fourth-order valence-electron chi connectivity index (χ4n) is 1.07. The molecule has 0 amide bonds. The smallest absolute Gasteiger partial charge is 0.201 e. The van der Waals surface area contributed by atoms with Gasteiger partial charge < -0.3 is 0 Å². The Balaban J connectivity index is 1.93. The van der Waals surface area contributed by atoms with E-state index in [9.17, 15) is 0 Å². The molecule has 0 atom stereocenters. The van der Waals surface area contributed by atoms with Crippen molar-refractivity contribution in [3.8, 4) is 0 Å². The van der Waals surface area contributed by atoms with E-state index < -0.39 is 0 Å². The number of hydrogen-bond donors (Lipinski definition) is 0. The molecular formula is C4H8B2S4. The summed E-state index contributed by atoms with van der Waals surface area (Å²) in [6.07, 6.45) is 0. The minimum Gasteiger partial charge on any atom is -0.201 e. The fraction of sp³-hybridized carbons (Fsp3) is 1.00. The van der Waals surface area contributed by atoms with Crippen LogP contribution in [0.3, 0.4) is 0 Å². The largest absolute Gasteiger partial charge is 0.267 e. The maximum atomic E-state index is 2.17. The summed E-state index contributed by atoms with van der Waals surface area (Å²) < 4.78 is 0. The van der Waals surface area contributed by atoms with Crippen molar-refractivity contribution >= 4 is 56.8 Å². The standard InChI is InChI=1S/C4H8B2S4/c1-2-8-6-5(7-1)9-3-4-10-6/h1-4H2. The molecule has 0 aromatic rings. The third-order valence-electron chi connectivity index (χ3n) is 1.52. The highest BCUT2D eigenvalue weighted by molar-refractivity contribution is 8.78. The number of hydrogen-bond acceptors (Lipinski definition) is 4. The van der Waals surface area contributed by atoms with Crippen molar-refractivity contribution in [3.05, 3.63) is 0 Å². The minimum absolute atomic E-state index is 0.914. The van der Waals surface area contributed by atoms with Gasteiger partial charge in [0.1, 0.15) is 0 Å². The molecule has 2 aliphatic rings. The lowest BCUT2D eigenvalue weighted by molar-refractivity contribution is 1.57. The molecule has 0 spiro atoms. The fourth-order valence-corrected chi connectivity index (χ4v) is 7.98. The molecule has 0 nitrogen and oxygen atoms in total. The highest BCUT2D eigenvalue weighted by Crippen LogP contribution is 2.40. The first kappa shape index (κ1) is 8.14. The van der Waals surface area contributed by atoms with Crippen LogP contribution in [0.1, 0.15) is 0 Å². The van der Waals surface area contributed by atoms with Crippen LogP contribution in [0.15, 0.2) is 0 Å². The summed E-state index contributed by atoms with van der Waals surface area (Å²) in [7, 11) is 0. The summed E-state index contributed by atoms with van der Waals surface area (Å²) in [4.78, 5) is 0. The van der Waals surface area contributed by atoms with E-state index in [1.807, 2.05) is 0 Å². The van der Waals surface area contributed by atoms with Crippen molar-refractivity contribution in [3.63, 3.8) is 0 Å². The highest BCUT2D eigenvalue weighted by Gasteiger charge is 2.37. The maximum absolute atomic E-state index is 2.17. The van der Waals surface area contributed by atoms with E-state index >= 15 is 0 Å². The molecule has 2 aliphatic heterocycles. The van der Waals surface area contributed by atoms with Gasteiger partial charge in [0.15, 0.2) is 0 Å². The van der Waals surface area contributed by atoms with Gasteiger partial charge in [-0.05, 0) is 23.0 Å². The lowest BCUT2D eigenvalue weighted by Crippen LogP contribution is -2.33. The summed E-state index contributed by atoms with van der Waals surface area (Å²) in [6.45, 7) is 0. The predicted molar refractivity (Wildman–Crippen MR) is 61.3 cm³/mol. The maximum Gasteiger partial charge on any atom is 0.267 e. The molecule has 2 fully saturated rings. The van der Waals surface area contributed by atoms with Crippen molar-refractivity contribution in [1.82, 2.24) is 0 Å². The van der Waals surface area contributed by atoms with Crippen LogP contribution in [0, 0.1) is 0 Å². The van der Waals surface area contributed by atoms with Gasteiger partial charge >= 0.3 is 0 Å². The van der Waals surface area contributed by atoms with Crippen LogP contribution in [0.2, 0.25) is 0 Å². The topological polar surface area (TPSA) is 0 Å². The van der Waals surface area contributed by atoms with Gasteiger partial charge in [-0.2, -0.15) is 0 Å². The normalized spacial score (nSPS) is 26.4. The Labute approximate surface area is 79.5 Å². The number of rotatable bonds is 0. The average molecular weight is 206 g/mol. The van der Waals surface area contributed by atoms with Gasteiger partial charge in [-0.25, -0.2) is 46.5 Å². The molecular weight excluding hydrogens is 198 g/mol. The molecule has 0 N–H and O–H groups in total. The van der Waals surface area contributed by atoms with Gasteiger partial charge in [-0.15, -0.1) is 0 Å². The monoisotopic (exact) mass is 206 g/mol. The van der Waals surface area contributed by atoms with E-state index in [-0.39, 0.29) is 0 Å². The van der Waals surface area contributed by atoms with Crippen molar-refractivity contribution < 1.29 is 0 Å². The van der Waals surface area contributed by atoms with Crippen LogP contribution in [-0.4, -0.2) is 33.3 Å². The molecule has 0 bridgehead atoms. The third kappa shape index (κ3) is 1.82. The van der Waals surface area contributed by atoms with Crippen molar-refractivity contribution in [2.24, 2.45) is 0 Å². The molecule has 0 aliphatic carbocycles. The van der Waals surface area contributed by atoms with E-state index in [0.29, 0.717) is 0 Å². The van der Waals surface area contributed by atoms with Crippen LogP contribution >= 0.6 is 46.5 Å². The van der Waals surface area contributed by atoms with Crippen LogP contribution < -0.4 is 0 Å². The summed E-state index contributed by atoms with van der Waals surface area (Å²) in [5, 5.41) is 1.83. The Morgan fingerprint density at radius 2 is 0.900 bits per heavy atom. The molecule has 0 aromatic carbocycles. The van der Waals surface area contributed by atoms with Gasteiger partial charge in [0.25, 0.3) is 10.3 Å². The molecule has 0 saturated carbocycles. The van der Waals surface area contributed by atoms with Gasteiger partial charge in [0, 0.05) is 0 Å². The van der Waals surface area contributed by atoms with Crippen LogP contribution in [0.25, 0.3) is 0 Å². The summed E-state index contributed by atoms with van der Waals surface area (Å²) in [5.41, 5.74) is 0. The van der Waals surface area contributed by atoms with Crippen LogP contribution in [-0.2, 0) is 0 Å². The second-order valence-corrected chi connectivity index (χ2v) is 7.81. The molecule has 6 heteroatoms. The lowest BCUT2D eigenvalue weighted by Gasteiger charge is -2.28. The summed E-state index contributed by atoms with van der Waals surface area (Å²) in [5.74, 6) is 5.50. The zero-order valence-electron chi connectivity index (χ0n) is 5.62. The van der Waals surface area contributed by atoms with Gasteiger partial charge in [0.2, 0.25) is 0 Å². The molecule has 2 rings (SSSR count). The molecule has 2 saturated heterocycles. The molecule has 10 heavy (non-hydrogen) atoms. The van der Waals surface area contributed by atoms with E-state index in [0.717, 1.165) is 10.3 Å². The van der Waals surface area contributed by atoms with Crippen molar-refractivity contribution in [2.45, 2.75) is 0 Å². The Bertz CT molecular complexity index is 95.8. The highest BCUT2D eigenvalue weighted by atomic mass is 32.2. The Kier molecular flexibility index (Phi) is 3.23. The Morgan fingerprint density at radius 3 is 1.20 bits per heavy atom. The quantitative estimate of drug-likeness (QED) is 0.555. The van der Waals surface area contributed by atoms with E-state index in [1.165, 1.54) is 23.0 Å². The SMILES string of the molecule is C1CSB2SCCSB2S1. The van der Waals surface area contributed by atoms with Crippen LogP contribution in [0.5, 0.6) is 0 Å². The molecule has 0 radical (unpaired) electrons. The summed E-state index contributed by atoms with van der Waals surface area (Å²) in [6, 6.07) is 0. The first-order valence-electron chi connectivity index (χ1n) is 3.43. The first-order chi connectivity index (χ1) is 4.97. The Hall–Kier alpha value is 1.53. The van der Waals surface area contributed by atoms with Crippen LogP contribution in [0.4, 0.5) is 0 Å². The van der Waals surface area contributed by atoms with Gasteiger partial charge in [0.05, 0.1) is 0 Å². The van der Waals surface area contributed by atoms with Gasteiger partial charge in [-0.1, -0.05) is 0 Å². The Morgan fingerprint density at radius 1 is 0.600 bits per heavy atom.